The molecule has 23 heavy (non-hydrogen) atoms. The Labute approximate surface area is 139 Å². The zero-order valence-corrected chi connectivity index (χ0v) is 15.0. The van der Waals surface area contributed by atoms with Gasteiger partial charge in [0.05, 0.1) is 7.11 Å². The maximum absolute atomic E-state index is 12.4. The molecule has 0 aliphatic rings. The number of nitrogens with one attached hydrogen (secondary N) is 1. The average Bonchev–Trinajstić information content (AvgIpc) is 2.50. The van der Waals surface area contributed by atoms with Gasteiger partial charge in [-0.1, -0.05) is 19.1 Å². The van der Waals surface area contributed by atoms with Crippen molar-refractivity contribution >= 4 is 11.8 Å². The van der Waals surface area contributed by atoms with E-state index >= 15 is 0 Å². The van der Waals surface area contributed by atoms with Crippen LogP contribution in [0, 0.1) is 0 Å². The second-order valence-electron chi connectivity index (χ2n) is 6.64. The zero-order valence-electron chi connectivity index (χ0n) is 15.0. The number of amides is 2. The number of rotatable bonds is 6. The third-order valence-corrected chi connectivity index (χ3v) is 3.48. The van der Waals surface area contributed by atoms with Gasteiger partial charge in [-0.3, -0.25) is 9.59 Å². The lowest BCUT2D eigenvalue weighted by atomic mass is 10.1. The van der Waals surface area contributed by atoms with Crippen molar-refractivity contribution in [1.29, 1.82) is 0 Å². The predicted molar refractivity (Wildman–Crippen MR) is 91.2 cm³/mol. The van der Waals surface area contributed by atoms with E-state index in [0.29, 0.717) is 13.0 Å². The van der Waals surface area contributed by atoms with Crippen molar-refractivity contribution in [3.05, 3.63) is 29.8 Å². The van der Waals surface area contributed by atoms with Crippen LogP contribution in [0.1, 0.15) is 46.6 Å². The molecule has 5 nitrogen and oxygen atoms in total. The van der Waals surface area contributed by atoms with Crippen LogP contribution in [0.3, 0.4) is 0 Å². The van der Waals surface area contributed by atoms with Crippen molar-refractivity contribution < 1.29 is 14.3 Å². The number of hydrogen-bond donors (Lipinski definition) is 1. The first-order valence-corrected chi connectivity index (χ1v) is 7.92. The lowest BCUT2D eigenvalue weighted by Crippen LogP contribution is -2.52. The molecule has 0 aliphatic heterocycles. The molecule has 0 aliphatic carbocycles. The Balaban J connectivity index is 2.90. The number of benzene rings is 1. The van der Waals surface area contributed by atoms with Gasteiger partial charge >= 0.3 is 0 Å². The molecule has 1 N–H and O–H groups in total. The summed E-state index contributed by atoms with van der Waals surface area (Å²) in [6.07, 6.45) is 0.364. The third kappa shape index (κ3) is 5.93. The predicted octanol–water partition coefficient (Wildman–Crippen LogP) is 2.74. The molecule has 0 radical (unpaired) electrons. The quantitative estimate of drug-likeness (QED) is 0.877. The van der Waals surface area contributed by atoms with E-state index < -0.39 is 6.04 Å². The second kappa shape index (κ2) is 7.99. The molecule has 0 saturated carbocycles. The summed E-state index contributed by atoms with van der Waals surface area (Å²) in [5.74, 6) is 0.575. The Bertz CT molecular complexity index is 532. The number of methoxy groups -OCH3 is 1. The van der Waals surface area contributed by atoms with E-state index in [1.807, 2.05) is 45.0 Å². The van der Waals surface area contributed by atoms with Crippen LogP contribution in [0.2, 0.25) is 0 Å². The van der Waals surface area contributed by atoms with E-state index in [-0.39, 0.29) is 17.4 Å². The van der Waals surface area contributed by atoms with E-state index in [9.17, 15) is 9.59 Å². The summed E-state index contributed by atoms with van der Waals surface area (Å²) in [5.41, 5.74) is 0.634. The normalized spacial score (nSPS) is 12.4. The fourth-order valence-corrected chi connectivity index (χ4v) is 2.19. The molecular formula is C18H28N2O3. The highest BCUT2D eigenvalue weighted by molar-refractivity contribution is 5.87. The minimum atomic E-state index is -0.524. The van der Waals surface area contributed by atoms with Crippen molar-refractivity contribution in [2.24, 2.45) is 0 Å². The summed E-state index contributed by atoms with van der Waals surface area (Å²) < 4.78 is 5.14. The van der Waals surface area contributed by atoms with Crippen LogP contribution in [-0.4, -0.2) is 35.4 Å². The highest BCUT2D eigenvalue weighted by atomic mass is 16.5. The van der Waals surface area contributed by atoms with Crippen LogP contribution >= 0.6 is 0 Å². The van der Waals surface area contributed by atoms with Gasteiger partial charge in [-0.15, -0.1) is 0 Å². The van der Waals surface area contributed by atoms with Crippen molar-refractivity contribution in [1.82, 2.24) is 10.2 Å². The number of hydrogen-bond acceptors (Lipinski definition) is 3. The summed E-state index contributed by atoms with van der Waals surface area (Å²) in [4.78, 5) is 26.3. The first-order valence-electron chi connectivity index (χ1n) is 7.92. The van der Waals surface area contributed by atoms with Crippen LogP contribution in [0.5, 0.6) is 5.75 Å². The molecule has 0 heterocycles. The van der Waals surface area contributed by atoms with Gasteiger partial charge in [-0.2, -0.15) is 0 Å². The molecule has 1 aromatic rings. The van der Waals surface area contributed by atoms with Gasteiger partial charge < -0.3 is 15.0 Å². The Morgan fingerprint density at radius 1 is 1.22 bits per heavy atom. The van der Waals surface area contributed by atoms with Gasteiger partial charge in [0.15, 0.2) is 0 Å². The molecule has 1 atom stereocenters. The Morgan fingerprint density at radius 2 is 1.78 bits per heavy atom. The minimum Gasteiger partial charge on any atom is -0.497 e. The van der Waals surface area contributed by atoms with Gasteiger partial charge in [0, 0.05) is 18.5 Å². The lowest BCUT2D eigenvalue weighted by Gasteiger charge is -2.31. The molecule has 1 rings (SSSR count). The van der Waals surface area contributed by atoms with Crippen molar-refractivity contribution in [3.8, 4) is 5.75 Å². The second-order valence-corrected chi connectivity index (χ2v) is 6.64. The Kier molecular flexibility index (Phi) is 6.61. The van der Waals surface area contributed by atoms with Gasteiger partial charge in [-0.05, 0) is 45.4 Å². The average molecular weight is 320 g/mol. The largest absolute Gasteiger partial charge is 0.497 e. The molecule has 0 bridgehead atoms. The van der Waals surface area contributed by atoms with E-state index in [2.05, 4.69) is 5.32 Å². The minimum absolute atomic E-state index is 0.0441. The first-order chi connectivity index (χ1) is 10.7. The number of nitrogens with zero attached hydrogens (tertiary/aromatic N) is 1. The zero-order chi connectivity index (χ0) is 17.6. The molecule has 5 heteroatoms. The third-order valence-electron chi connectivity index (χ3n) is 3.48. The van der Waals surface area contributed by atoms with Crippen molar-refractivity contribution in [2.45, 2.75) is 59.2 Å². The van der Waals surface area contributed by atoms with E-state index in [0.717, 1.165) is 11.3 Å². The van der Waals surface area contributed by atoms with Gasteiger partial charge in [0.25, 0.3) is 0 Å². The van der Waals surface area contributed by atoms with Crippen molar-refractivity contribution in [3.63, 3.8) is 0 Å². The molecule has 0 aromatic heterocycles. The molecule has 128 valence electrons. The topological polar surface area (TPSA) is 58.6 Å². The monoisotopic (exact) mass is 320 g/mol. The Hall–Kier alpha value is -2.04. The molecule has 2 amide bonds. The number of carbonyl (C=O) groups excluding carboxylic acids is 2. The molecule has 1 aromatic carbocycles. The van der Waals surface area contributed by atoms with E-state index in [1.165, 1.54) is 0 Å². The highest BCUT2D eigenvalue weighted by Gasteiger charge is 2.27. The van der Waals surface area contributed by atoms with Gasteiger partial charge in [0.2, 0.25) is 11.8 Å². The highest BCUT2D eigenvalue weighted by Crippen LogP contribution is 2.16. The molecule has 0 spiro atoms. The van der Waals surface area contributed by atoms with Crippen LogP contribution in [0.25, 0.3) is 0 Å². The summed E-state index contributed by atoms with van der Waals surface area (Å²) in [6, 6.07) is 6.99. The fraction of sp³-hybridized carbons (Fsp3) is 0.556. The maximum Gasteiger partial charge on any atom is 0.242 e. The molecular weight excluding hydrogens is 292 g/mol. The summed E-state index contributed by atoms with van der Waals surface area (Å²) in [5, 5.41) is 2.93. The van der Waals surface area contributed by atoms with E-state index in [1.54, 1.807) is 25.9 Å². The SMILES string of the molecule is CCC(=O)N(Cc1ccc(OC)cc1)[C@@H](C)C(=O)NC(C)(C)C. The smallest absolute Gasteiger partial charge is 0.242 e. The summed E-state index contributed by atoms with van der Waals surface area (Å²) >= 11 is 0. The lowest BCUT2D eigenvalue weighted by molar-refractivity contribution is -0.141. The van der Waals surface area contributed by atoms with Gasteiger partial charge in [-0.25, -0.2) is 0 Å². The van der Waals surface area contributed by atoms with Crippen LogP contribution in [0.4, 0.5) is 0 Å². The fourth-order valence-electron chi connectivity index (χ4n) is 2.19. The molecule has 0 unspecified atom stereocenters. The van der Waals surface area contributed by atoms with Gasteiger partial charge in [0.1, 0.15) is 11.8 Å². The number of carbonyl (C=O) groups is 2. The first kappa shape index (κ1) is 19.0. The number of ether oxygens (including phenoxy) is 1. The molecule has 0 fully saturated rings. The van der Waals surface area contributed by atoms with Crippen LogP contribution < -0.4 is 10.1 Å². The van der Waals surface area contributed by atoms with Crippen molar-refractivity contribution in [2.75, 3.05) is 7.11 Å². The standard InChI is InChI=1S/C18H28N2O3/c1-7-16(21)20(13(2)17(22)19-18(3,4)5)12-14-8-10-15(23-6)11-9-14/h8-11,13H,7,12H2,1-6H3,(H,19,22)/t13-/m0/s1. The van der Waals surface area contributed by atoms with E-state index in [4.69, 9.17) is 4.74 Å². The van der Waals surface area contributed by atoms with Crippen LogP contribution in [-0.2, 0) is 16.1 Å². The summed E-state index contributed by atoms with van der Waals surface area (Å²) in [6.45, 7) is 9.73. The maximum atomic E-state index is 12.4. The summed E-state index contributed by atoms with van der Waals surface area (Å²) in [7, 11) is 1.61. The van der Waals surface area contributed by atoms with Crippen LogP contribution in [0.15, 0.2) is 24.3 Å². The molecule has 0 saturated heterocycles. The Morgan fingerprint density at radius 3 is 2.22 bits per heavy atom.